The average Bonchev–Trinajstić information content (AvgIpc) is 2.95. The minimum absolute atomic E-state index is 0.0493. The van der Waals surface area contributed by atoms with Crippen molar-refractivity contribution in [2.45, 2.75) is 70.7 Å². The molecule has 0 fully saturated rings. The highest BCUT2D eigenvalue weighted by Gasteiger charge is 2.46. The number of aromatic nitrogens is 2. The molecular weight excluding hydrogens is 447 g/mol. The Kier molecular flexibility index (Phi) is 5.59. The van der Waals surface area contributed by atoms with Crippen LogP contribution in [0.15, 0.2) is 18.2 Å². The van der Waals surface area contributed by atoms with E-state index < -0.39 is 11.5 Å². The maximum atomic E-state index is 15.2. The number of hydrogen-bond donors (Lipinski definition) is 1. The second kappa shape index (κ2) is 7.71. The summed E-state index contributed by atoms with van der Waals surface area (Å²) >= 11 is 12.0. The number of carbonyl (C=O) groups is 1. The SMILES string of the molecule is C[C@@H]1Cc2nn3c(c2CN1C(=O)c1ccc(Cl)c(Cl)c1)C(F)(F)CC[C@@H](C(C)(C)O)C3. The second-order valence-electron chi connectivity index (χ2n) is 9.16. The van der Waals surface area contributed by atoms with E-state index in [0.29, 0.717) is 28.3 Å². The number of aliphatic hydroxyl groups is 1. The number of carbonyl (C=O) groups excluding carboxylic acids is 1. The molecule has 0 aliphatic carbocycles. The highest BCUT2D eigenvalue weighted by atomic mass is 35.5. The van der Waals surface area contributed by atoms with Crippen LogP contribution >= 0.6 is 23.2 Å². The number of amides is 1. The van der Waals surface area contributed by atoms with Crippen LogP contribution in [0.2, 0.25) is 10.0 Å². The lowest BCUT2D eigenvalue weighted by atomic mass is 9.86. The molecule has 2 aliphatic heterocycles. The van der Waals surface area contributed by atoms with Gasteiger partial charge in [-0.05, 0) is 45.4 Å². The zero-order chi connectivity index (χ0) is 22.7. The van der Waals surface area contributed by atoms with Crippen LogP contribution in [-0.2, 0) is 25.4 Å². The average molecular weight is 472 g/mol. The van der Waals surface area contributed by atoms with E-state index >= 15 is 8.78 Å². The maximum absolute atomic E-state index is 15.2. The molecule has 3 heterocycles. The van der Waals surface area contributed by atoms with Crippen LogP contribution < -0.4 is 0 Å². The third kappa shape index (κ3) is 4.08. The number of fused-ring (bicyclic) bond motifs is 3. The number of benzene rings is 1. The van der Waals surface area contributed by atoms with Crippen molar-refractivity contribution in [3.05, 3.63) is 50.8 Å². The fourth-order valence-corrected chi connectivity index (χ4v) is 4.85. The Morgan fingerprint density at radius 2 is 2.00 bits per heavy atom. The molecule has 2 aliphatic rings. The topological polar surface area (TPSA) is 58.4 Å². The molecule has 5 nitrogen and oxygen atoms in total. The third-order valence-electron chi connectivity index (χ3n) is 6.46. The molecule has 0 unspecified atom stereocenters. The molecule has 0 saturated heterocycles. The number of nitrogens with zero attached hydrogens (tertiary/aromatic N) is 3. The lowest BCUT2D eigenvalue weighted by molar-refractivity contribution is -0.0337. The van der Waals surface area contributed by atoms with Crippen molar-refractivity contribution < 1.29 is 18.7 Å². The van der Waals surface area contributed by atoms with E-state index in [1.165, 1.54) is 10.7 Å². The Labute approximate surface area is 189 Å². The summed E-state index contributed by atoms with van der Waals surface area (Å²) in [6.07, 6.45) is 0.207. The zero-order valence-electron chi connectivity index (χ0n) is 17.6. The van der Waals surface area contributed by atoms with Crippen molar-refractivity contribution in [2.24, 2.45) is 5.92 Å². The van der Waals surface area contributed by atoms with Gasteiger partial charge in [0.15, 0.2) is 0 Å². The van der Waals surface area contributed by atoms with Crippen molar-refractivity contribution in [1.29, 1.82) is 0 Å². The molecule has 0 spiro atoms. The van der Waals surface area contributed by atoms with Crippen LogP contribution in [0.25, 0.3) is 0 Å². The first-order chi connectivity index (χ1) is 14.4. The van der Waals surface area contributed by atoms with Gasteiger partial charge in [0.2, 0.25) is 0 Å². The summed E-state index contributed by atoms with van der Waals surface area (Å²) in [6.45, 7) is 5.43. The van der Waals surface area contributed by atoms with Crippen molar-refractivity contribution in [3.63, 3.8) is 0 Å². The van der Waals surface area contributed by atoms with Crippen LogP contribution in [-0.4, -0.2) is 37.3 Å². The van der Waals surface area contributed by atoms with Gasteiger partial charge in [0, 0.05) is 42.5 Å². The van der Waals surface area contributed by atoms with E-state index in [2.05, 4.69) is 5.10 Å². The monoisotopic (exact) mass is 471 g/mol. The van der Waals surface area contributed by atoms with Gasteiger partial charge in [0.05, 0.1) is 27.9 Å². The summed E-state index contributed by atoms with van der Waals surface area (Å²) in [5, 5.41) is 15.5. The molecule has 2 aromatic rings. The zero-order valence-corrected chi connectivity index (χ0v) is 19.1. The van der Waals surface area contributed by atoms with Gasteiger partial charge in [-0.1, -0.05) is 23.2 Å². The molecule has 2 atom stereocenters. The van der Waals surface area contributed by atoms with Gasteiger partial charge in [-0.15, -0.1) is 0 Å². The van der Waals surface area contributed by atoms with E-state index in [-0.39, 0.29) is 54.5 Å². The van der Waals surface area contributed by atoms with Gasteiger partial charge in [-0.3, -0.25) is 9.48 Å². The first kappa shape index (κ1) is 22.5. The molecule has 9 heteroatoms. The lowest BCUT2D eigenvalue weighted by Crippen LogP contribution is -2.43. The standard InChI is InChI=1S/C22H25Cl2F2N3O2/c1-12-8-18-15(11-28(12)20(30)13-4-5-16(23)17(24)9-13)19-22(25,26)7-6-14(21(2,3)31)10-29(19)27-18/h4-5,9,12,14,31H,6-8,10-11H2,1-3H3/t12-,14-/m1/s1. The van der Waals surface area contributed by atoms with Gasteiger partial charge < -0.3 is 10.0 Å². The molecule has 31 heavy (non-hydrogen) atoms. The lowest BCUT2D eigenvalue weighted by Gasteiger charge is -2.34. The molecule has 1 amide bonds. The van der Waals surface area contributed by atoms with Gasteiger partial charge in [-0.2, -0.15) is 13.9 Å². The highest BCUT2D eigenvalue weighted by molar-refractivity contribution is 6.42. The minimum Gasteiger partial charge on any atom is -0.390 e. The quantitative estimate of drug-likeness (QED) is 0.666. The molecule has 1 N–H and O–H groups in total. The smallest absolute Gasteiger partial charge is 0.289 e. The molecule has 1 aromatic carbocycles. The minimum atomic E-state index is -3.08. The van der Waals surface area contributed by atoms with E-state index in [1.54, 1.807) is 30.9 Å². The van der Waals surface area contributed by atoms with Crippen LogP contribution in [0, 0.1) is 5.92 Å². The first-order valence-electron chi connectivity index (χ1n) is 10.3. The summed E-state index contributed by atoms with van der Waals surface area (Å²) in [6, 6.07) is 4.41. The Morgan fingerprint density at radius 3 is 2.65 bits per heavy atom. The van der Waals surface area contributed by atoms with Crippen LogP contribution in [0.4, 0.5) is 8.78 Å². The highest BCUT2D eigenvalue weighted by Crippen LogP contribution is 2.44. The van der Waals surface area contributed by atoms with Crippen LogP contribution in [0.5, 0.6) is 0 Å². The third-order valence-corrected chi connectivity index (χ3v) is 7.20. The number of hydrogen-bond acceptors (Lipinski definition) is 3. The van der Waals surface area contributed by atoms with Crippen LogP contribution in [0.1, 0.15) is 60.9 Å². The first-order valence-corrected chi connectivity index (χ1v) is 11.1. The van der Waals surface area contributed by atoms with Crippen molar-refractivity contribution >= 4 is 29.1 Å². The predicted molar refractivity (Wildman–Crippen MR) is 115 cm³/mol. The van der Waals surface area contributed by atoms with Crippen molar-refractivity contribution in [1.82, 2.24) is 14.7 Å². The molecule has 168 valence electrons. The molecule has 0 saturated carbocycles. The Morgan fingerprint density at radius 1 is 1.29 bits per heavy atom. The number of rotatable bonds is 2. The largest absolute Gasteiger partial charge is 0.390 e. The van der Waals surface area contributed by atoms with Gasteiger partial charge >= 0.3 is 0 Å². The van der Waals surface area contributed by atoms with Crippen LogP contribution in [0.3, 0.4) is 0 Å². The molecule has 1 aromatic heterocycles. The number of halogens is 4. The summed E-state index contributed by atoms with van der Waals surface area (Å²) in [5.41, 5.74) is 0.141. The van der Waals surface area contributed by atoms with Crippen molar-refractivity contribution in [2.75, 3.05) is 0 Å². The fourth-order valence-electron chi connectivity index (χ4n) is 4.55. The Hall–Kier alpha value is -1.70. The number of alkyl halides is 2. The van der Waals surface area contributed by atoms with Crippen molar-refractivity contribution in [3.8, 4) is 0 Å². The van der Waals surface area contributed by atoms with E-state index in [9.17, 15) is 9.90 Å². The fraction of sp³-hybridized carbons (Fsp3) is 0.545. The Bertz CT molecular complexity index is 1030. The summed E-state index contributed by atoms with van der Waals surface area (Å²) in [7, 11) is 0. The van der Waals surface area contributed by atoms with E-state index in [4.69, 9.17) is 23.2 Å². The summed E-state index contributed by atoms with van der Waals surface area (Å²) in [4.78, 5) is 14.7. The van der Waals surface area contributed by atoms with Gasteiger partial charge in [-0.25, -0.2) is 0 Å². The predicted octanol–water partition coefficient (Wildman–Crippen LogP) is 5.05. The molecular formula is C22H25Cl2F2N3O2. The summed E-state index contributed by atoms with van der Waals surface area (Å²) in [5.74, 6) is -3.71. The van der Waals surface area contributed by atoms with Gasteiger partial charge in [0.25, 0.3) is 11.8 Å². The molecule has 4 rings (SSSR count). The summed E-state index contributed by atoms with van der Waals surface area (Å²) < 4.78 is 31.8. The van der Waals surface area contributed by atoms with E-state index in [1.807, 2.05) is 6.92 Å². The van der Waals surface area contributed by atoms with E-state index in [0.717, 1.165) is 0 Å². The molecule has 0 radical (unpaired) electrons. The maximum Gasteiger partial charge on any atom is 0.289 e. The van der Waals surface area contributed by atoms with Gasteiger partial charge in [0.1, 0.15) is 5.69 Å². The Balaban J connectivity index is 1.71. The normalized spacial score (nSPS) is 23.2. The second-order valence-corrected chi connectivity index (χ2v) is 9.98. The molecule has 0 bridgehead atoms.